The van der Waals surface area contributed by atoms with Crippen LogP contribution in [0.2, 0.25) is 0 Å². The average Bonchev–Trinajstić information content (AvgIpc) is 2.55. The van der Waals surface area contributed by atoms with Crippen LogP contribution in [0, 0.1) is 11.6 Å². The molecule has 0 spiro atoms. The summed E-state index contributed by atoms with van der Waals surface area (Å²) in [6.45, 7) is 0.0242. The number of benzene rings is 2. The van der Waals surface area contributed by atoms with Gasteiger partial charge in [0, 0.05) is 12.3 Å². The third-order valence-corrected chi connectivity index (χ3v) is 4.48. The number of ether oxygens (including phenoxy) is 1. The molecule has 7 heteroatoms. The van der Waals surface area contributed by atoms with Gasteiger partial charge < -0.3 is 10.1 Å². The molecule has 4 nitrogen and oxygen atoms in total. The molecule has 0 aromatic heterocycles. The molecule has 2 aromatic carbocycles. The van der Waals surface area contributed by atoms with E-state index < -0.39 is 28.3 Å². The molecule has 0 aliphatic rings. The average molecular weight is 339 g/mol. The molecular formula is C16H15F2NO3S. The monoisotopic (exact) mass is 339 g/mol. The second-order valence-corrected chi connectivity index (χ2v) is 6.10. The predicted octanol–water partition coefficient (Wildman–Crippen LogP) is 2.51. The Hall–Kier alpha value is -2.28. The van der Waals surface area contributed by atoms with Crippen LogP contribution in [0.4, 0.5) is 8.78 Å². The first-order valence-corrected chi connectivity index (χ1v) is 8.10. The van der Waals surface area contributed by atoms with Crippen molar-refractivity contribution in [3.05, 3.63) is 59.7 Å². The molecule has 122 valence electrons. The van der Waals surface area contributed by atoms with E-state index in [1.807, 2.05) is 0 Å². The molecule has 0 fully saturated rings. The number of carbonyl (C=O) groups is 1. The lowest BCUT2D eigenvalue weighted by Gasteiger charge is -2.08. The smallest absolute Gasteiger partial charge is 0.254 e. The van der Waals surface area contributed by atoms with Crippen LogP contribution >= 0.6 is 0 Å². The molecule has 1 amide bonds. The number of hydrogen-bond donors (Lipinski definition) is 1. The van der Waals surface area contributed by atoms with Crippen molar-refractivity contribution in [2.45, 2.75) is 4.90 Å². The van der Waals surface area contributed by atoms with Crippen molar-refractivity contribution >= 4 is 16.7 Å². The summed E-state index contributed by atoms with van der Waals surface area (Å²) in [4.78, 5) is 12.0. The number of halogens is 2. The molecule has 0 heterocycles. The van der Waals surface area contributed by atoms with E-state index in [2.05, 4.69) is 5.32 Å². The standard InChI is InChI=1S/C16H15F2NO3S/c1-22-13-7-4-5-11(15(13)18)16(20)19-9-10-23(21)14-8-3-2-6-12(14)17/h2-8H,9-10H2,1H3,(H,19,20)/t23-/m0/s1. The number of amides is 1. The fourth-order valence-corrected chi connectivity index (χ4v) is 2.96. The Morgan fingerprint density at radius 2 is 1.91 bits per heavy atom. The lowest BCUT2D eigenvalue weighted by atomic mass is 10.2. The van der Waals surface area contributed by atoms with Crippen LogP contribution < -0.4 is 10.1 Å². The largest absolute Gasteiger partial charge is 0.494 e. The van der Waals surface area contributed by atoms with Gasteiger partial charge in [0.15, 0.2) is 11.6 Å². The van der Waals surface area contributed by atoms with Gasteiger partial charge in [-0.2, -0.15) is 0 Å². The van der Waals surface area contributed by atoms with Crippen LogP contribution in [0.15, 0.2) is 47.4 Å². The minimum Gasteiger partial charge on any atom is -0.494 e. The Bertz CT molecular complexity index is 737. The van der Waals surface area contributed by atoms with Crippen molar-refractivity contribution in [3.8, 4) is 5.75 Å². The van der Waals surface area contributed by atoms with E-state index in [1.165, 1.54) is 43.5 Å². The van der Waals surface area contributed by atoms with Gasteiger partial charge in [-0.1, -0.05) is 18.2 Å². The van der Waals surface area contributed by atoms with Gasteiger partial charge in [0.1, 0.15) is 5.82 Å². The van der Waals surface area contributed by atoms with Crippen molar-refractivity contribution in [1.29, 1.82) is 0 Å². The second-order valence-electron chi connectivity index (χ2n) is 4.56. The summed E-state index contributed by atoms with van der Waals surface area (Å²) in [7, 11) is -0.284. The normalized spacial score (nSPS) is 11.8. The molecular weight excluding hydrogens is 324 g/mol. The minimum atomic E-state index is -1.59. The summed E-state index contributed by atoms with van der Waals surface area (Å²) in [6, 6.07) is 9.95. The van der Waals surface area contributed by atoms with E-state index in [0.717, 1.165) is 0 Å². The fraction of sp³-hybridized carbons (Fsp3) is 0.188. The van der Waals surface area contributed by atoms with Gasteiger partial charge in [0.25, 0.3) is 5.91 Å². The van der Waals surface area contributed by atoms with Crippen molar-refractivity contribution in [3.63, 3.8) is 0 Å². The van der Waals surface area contributed by atoms with Crippen molar-refractivity contribution in [2.24, 2.45) is 0 Å². The molecule has 0 unspecified atom stereocenters. The van der Waals surface area contributed by atoms with Crippen LogP contribution in [0.5, 0.6) is 5.75 Å². The topological polar surface area (TPSA) is 55.4 Å². The lowest BCUT2D eigenvalue weighted by molar-refractivity contribution is 0.0951. The number of hydrogen-bond acceptors (Lipinski definition) is 3. The minimum absolute atomic E-state index is 0.0242. The van der Waals surface area contributed by atoms with Crippen LogP contribution in [-0.4, -0.2) is 29.5 Å². The Labute approximate surface area is 134 Å². The zero-order valence-electron chi connectivity index (χ0n) is 12.3. The zero-order chi connectivity index (χ0) is 16.8. The molecule has 1 atom stereocenters. The molecule has 1 N–H and O–H groups in total. The highest BCUT2D eigenvalue weighted by Gasteiger charge is 2.16. The molecule has 0 saturated carbocycles. The molecule has 2 rings (SSSR count). The zero-order valence-corrected chi connectivity index (χ0v) is 13.2. The van der Waals surface area contributed by atoms with Crippen LogP contribution in [0.1, 0.15) is 10.4 Å². The van der Waals surface area contributed by atoms with Crippen LogP contribution in [-0.2, 0) is 10.8 Å². The quantitative estimate of drug-likeness (QED) is 0.880. The summed E-state index contributed by atoms with van der Waals surface area (Å²) >= 11 is 0. The van der Waals surface area contributed by atoms with Crippen LogP contribution in [0.25, 0.3) is 0 Å². The van der Waals surface area contributed by atoms with Gasteiger partial charge >= 0.3 is 0 Å². The van der Waals surface area contributed by atoms with Gasteiger partial charge in [-0.25, -0.2) is 8.78 Å². The van der Waals surface area contributed by atoms with E-state index in [1.54, 1.807) is 6.07 Å². The molecule has 0 aliphatic carbocycles. The Morgan fingerprint density at radius 1 is 1.17 bits per heavy atom. The highest BCUT2D eigenvalue weighted by atomic mass is 32.2. The van der Waals surface area contributed by atoms with E-state index in [-0.39, 0.29) is 28.5 Å². The van der Waals surface area contributed by atoms with Crippen molar-refractivity contribution in [2.75, 3.05) is 19.4 Å². The number of carbonyl (C=O) groups excluding carboxylic acids is 1. The Morgan fingerprint density at radius 3 is 2.61 bits per heavy atom. The van der Waals surface area contributed by atoms with E-state index in [0.29, 0.717) is 0 Å². The molecule has 0 radical (unpaired) electrons. The molecule has 0 saturated heterocycles. The highest BCUT2D eigenvalue weighted by Crippen LogP contribution is 2.19. The molecule has 2 aromatic rings. The second kappa shape index (κ2) is 7.82. The summed E-state index contributed by atoms with van der Waals surface area (Å²) < 4.78 is 44.2. The Balaban J connectivity index is 1.95. The summed E-state index contributed by atoms with van der Waals surface area (Å²) in [5, 5.41) is 2.46. The first kappa shape index (κ1) is 17.1. The van der Waals surface area contributed by atoms with Crippen molar-refractivity contribution in [1.82, 2.24) is 5.32 Å². The summed E-state index contributed by atoms with van der Waals surface area (Å²) in [5.74, 6) is -1.98. The van der Waals surface area contributed by atoms with Crippen LogP contribution in [0.3, 0.4) is 0 Å². The van der Waals surface area contributed by atoms with Gasteiger partial charge in [0.05, 0.1) is 28.4 Å². The third-order valence-electron chi connectivity index (χ3n) is 3.08. The third kappa shape index (κ3) is 4.13. The number of methoxy groups -OCH3 is 1. The maximum atomic E-state index is 13.9. The van der Waals surface area contributed by atoms with Gasteiger partial charge in [-0.15, -0.1) is 0 Å². The maximum absolute atomic E-state index is 13.9. The van der Waals surface area contributed by atoms with E-state index >= 15 is 0 Å². The number of nitrogens with one attached hydrogen (secondary N) is 1. The maximum Gasteiger partial charge on any atom is 0.254 e. The lowest BCUT2D eigenvalue weighted by Crippen LogP contribution is -2.28. The molecule has 0 aliphatic heterocycles. The summed E-state index contributed by atoms with van der Waals surface area (Å²) in [5.41, 5.74) is -0.166. The van der Waals surface area contributed by atoms with Crippen molar-refractivity contribution < 1.29 is 22.5 Å². The van der Waals surface area contributed by atoms with E-state index in [4.69, 9.17) is 4.74 Å². The fourth-order valence-electron chi connectivity index (χ4n) is 1.94. The van der Waals surface area contributed by atoms with E-state index in [9.17, 15) is 17.8 Å². The van der Waals surface area contributed by atoms with Gasteiger partial charge in [0.2, 0.25) is 0 Å². The Kier molecular flexibility index (Phi) is 5.81. The number of rotatable bonds is 6. The first-order chi connectivity index (χ1) is 11.0. The van der Waals surface area contributed by atoms with Gasteiger partial charge in [-0.05, 0) is 24.3 Å². The molecule has 23 heavy (non-hydrogen) atoms. The highest BCUT2D eigenvalue weighted by molar-refractivity contribution is 7.85. The first-order valence-electron chi connectivity index (χ1n) is 6.78. The SMILES string of the molecule is COc1cccc(C(=O)NCC[S@](=O)c2ccccc2F)c1F. The van der Waals surface area contributed by atoms with Gasteiger partial charge in [-0.3, -0.25) is 9.00 Å². The predicted molar refractivity (Wildman–Crippen MR) is 83.0 cm³/mol. The summed E-state index contributed by atoms with van der Waals surface area (Å²) in [6.07, 6.45) is 0. The molecule has 0 bridgehead atoms.